The van der Waals surface area contributed by atoms with E-state index in [-0.39, 0.29) is 5.41 Å². The second kappa shape index (κ2) is 3.63. The maximum absolute atomic E-state index is 4.35. The lowest BCUT2D eigenvalue weighted by atomic mass is 9.82. The lowest BCUT2D eigenvalue weighted by Crippen LogP contribution is -2.14. The molecular formula is C12H15BrN2. The molecule has 0 aromatic carbocycles. The molecule has 0 aliphatic heterocycles. The molecule has 0 saturated carbocycles. The molecule has 2 heterocycles. The maximum Gasteiger partial charge on any atom is 0.137 e. The molecule has 2 aromatic heterocycles. The van der Waals surface area contributed by atoms with E-state index in [2.05, 4.69) is 58.9 Å². The Labute approximate surface area is 98.2 Å². The Morgan fingerprint density at radius 2 is 2.20 bits per heavy atom. The van der Waals surface area contributed by atoms with Crippen LogP contribution in [0.3, 0.4) is 0 Å². The van der Waals surface area contributed by atoms with Crippen LogP contribution in [0.4, 0.5) is 0 Å². The number of hydrogen-bond acceptors (Lipinski definition) is 1. The first kappa shape index (κ1) is 10.7. The minimum Gasteiger partial charge on any atom is -0.346 e. The molecule has 0 saturated heterocycles. The molecule has 0 spiro atoms. The molecule has 0 unspecified atom stereocenters. The number of hydrogen-bond donors (Lipinski definition) is 1. The fourth-order valence-electron chi connectivity index (χ4n) is 1.73. The van der Waals surface area contributed by atoms with E-state index in [9.17, 15) is 0 Å². The van der Waals surface area contributed by atoms with Crippen LogP contribution >= 0.6 is 15.9 Å². The molecular weight excluding hydrogens is 252 g/mol. The molecule has 0 amide bonds. The quantitative estimate of drug-likeness (QED) is 0.874. The van der Waals surface area contributed by atoms with Crippen molar-refractivity contribution in [1.29, 1.82) is 0 Å². The molecule has 0 atom stereocenters. The predicted octanol–water partition coefficient (Wildman–Crippen LogP) is 4.01. The third-order valence-electron chi connectivity index (χ3n) is 3.11. The van der Waals surface area contributed by atoms with Crippen LogP contribution in [0.2, 0.25) is 0 Å². The normalized spacial score (nSPS) is 12.3. The van der Waals surface area contributed by atoms with E-state index in [0.29, 0.717) is 0 Å². The van der Waals surface area contributed by atoms with Crippen molar-refractivity contribution >= 4 is 27.0 Å². The molecule has 1 N–H and O–H groups in total. The molecule has 3 heteroatoms. The zero-order chi connectivity index (χ0) is 11.1. The summed E-state index contributed by atoms with van der Waals surface area (Å²) in [6, 6.07) is 2.13. The number of fused-ring (bicyclic) bond motifs is 1. The van der Waals surface area contributed by atoms with E-state index in [1.165, 1.54) is 10.9 Å². The molecule has 2 aromatic rings. The number of rotatable bonds is 2. The molecule has 2 rings (SSSR count). The van der Waals surface area contributed by atoms with Gasteiger partial charge < -0.3 is 4.98 Å². The summed E-state index contributed by atoms with van der Waals surface area (Å²) < 4.78 is 1.03. The molecule has 2 nitrogen and oxygen atoms in total. The van der Waals surface area contributed by atoms with E-state index in [0.717, 1.165) is 16.5 Å². The maximum atomic E-state index is 4.35. The van der Waals surface area contributed by atoms with E-state index >= 15 is 0 Å². The number of aromatic amines is 1. The van der Waals surface area contributed by atoms with Gasteiger partial charge in [-0.3, -0.25) is 0 Å². The Morgan fingerprint density at radius 3 is 2.87 bits per heavy atom. The van der Waals surface area contributed by atoms with E-state index in [1.54, 1.807) is 0 Å². The van der Waals surface area contributed by atoms with Gasteiger partial charge >= 0.3 is 0 Å². The summed E-state index contributed by atoms with van der Waals surface area (Å²) in [4.78, 5) is 7.57. The Kier molecular flexibility index (Phi) is 2.59. The first-order chi connectivity index (χ1) is 7.04. The zero-order valence-corrected chi connectivity index (χ0v) is 10.9. The molecule has 0 radical (unpaired) electrons. The standard InChI is InChI=1S/C12H15BrN2/c1-4-12(2,3)10-7-15-11-9(10)5-8(13)6-14-11/h5-7H,4H2,1-3H3,(H,14,15). The first-order valence-electron chi connectivity index (χ1n) is 5.17. The van der Waals surface area contributed by atoms with Crippen molar-refractivity contribution in [1.82, 2.24) is 9.97 Å². The van der Waals surface area contributed by atoms with Crippen LogP contribution in [0.15, 0.2) is 22.9 Å². The SMILES string of the molecule is CCC(C)(C)c1c[nH]c2ncc(Br)cc12. The van der Waals surface area contributed by atoms with Crippen molar-refractivity contribution in [3.05, 3.63) is 28.5 Å². The van der Waals surface area contributed by atoms with Gasteiger partial charge in [0.1, 0.15) is 5.65 Å². The van der Waals surface area contributed by atoms with Gasteiger partial charge in [0, 0.05) is 22.3 Å². The van der Waals surface area contributed by atoms with E-state index in [1.807, 2.05) is 6.20 Å². The van der Waals surface area contributed by atoms with Crippen molar-refractivity contribution in [2.24, 2.45) is 0 Å². The minimum absolute atomic E-state index is 0.195. The summed E-state index contributed by atoms with van der Waals surface area (Å²) in [5.74, 6) is 0. The van der Waals surface area contributed by atoms with Gasteiger partial charge in [-0.05, 0) is 39.4 Å². The number of nitrogens with one attached hydrogen (secondary N) is 1. The van der Waals surface area contributed by atoms with Gasteiger partial charge in [-0.15, -0.1) is 0 Å². The molecule has 0 bridgehead atoms. The Balaban J connectivity index is 2.67. The summed E-state index contributed by atoms with van der Waals surface area (Å²) in [7, 11) is 0. The van der Waals surface area contributed by atoms with Gasteiger partial charge in [0.25, 0.3) is 0 Å². The van der Waals surface area contributed by atoms with Crippen LogP contribution < -0.4 is 0 Å². The monoisotopic (exact) mass is 266 g/mol. The van der Waals surface area contributed by atoms with Crippen molar-refractivity contribution in [2.45, 2.75) is 32.6 Å². The fourth-order valence-corrected chi connectivity index (χ4v) is 2.06. The van der Waals surface area contributed by atoms with Crippen LogP contribution in [0.25, 0.3) is 11.0 Å². The summed E-state index contributed by atoms with van der Waals surface area (Å²) in [5, 5.41) is 1.22. The number of H-pyrrole nitrogens is 1. The van der Waals surface area contributed by atoms with Crippen LogP contribution in [-0.2, 0) is 5.41 Å². The molecule has 80 valence electrons. The largest absolute Gasteiger partial charge is 0.346 e. The topological polar surface area (TPSA) is 28.7 Å². The highest BCUT2D eigenvalue weighted by Gasteiger charge is 2.22. The lowest BCUT2D eigenvalue weighted by Gasteiger charge is -2.21. The second-order valence-electron chi connectivity index (χ2n) is 4.49. The average Bonchev–Trinajstić information content (AvgIpc) is 2.61. The highest BCUT2D eigenvalue weighted by atomic mass is 79.9. The second-order valence-corrected chi connectivity index (χ2v) is 5.41. The molecule has 0 aliphatic rings. The van der Waals surface area contributed by atoms with Gasteiger partial charge in [0.05, 0.1) is 0 Å². The van der Waals surface area contributed by atoms with E-state index < -0.39 is 0 Å². The van der Waals surface area contributed by atoms with Crippen molar-refractivity contribution in [2.75, 3.05) is 0 Å². The Bertz CT molecular complexity index is 485. The summed E-state index contributed by atoms with van der Waals surface area (Å²) >= 11 is 3.46. The third kappa shape index (κ3) is 1.81. The summed E-state index contributed by atoms with van der Waals surface area (Å²) in [6.45, 7) is 6.73. The minimum atomic E-state index is 0.195. The number of nitrogens with zero attached hydrogens (tertiary/aromatic N) is 1. The van der Waals surface area contributed by atoms with Crippen LogP contribution in [0, 0.1) is 0 Å². The molecule has 0 aliphatic carbocycles. The van der Waals surface area contributed by atoms with E-state index in [4.69, 9.17) is 0 Å². The lowest BCUT2D eigenvalue weighted by molar-refractivity contribution is 0.510. The van der Waals surface area contributed by atoms with Gasteiger partial charge in [-0.25, -0.2) is 4.98 Å². The number of aromatic nitrogens is 2. The van der Waals surface area contributed by atoms with Crippen molar-refractivity contribution in [3.63, 3.8) is 0 Å². The highest BCUT2D eigenvalue weighted by Crippen LogP contribution is 2.33. The Hall–Kier alpha value is -0.830. The smallest absolute Gasteiger partial charge is 0.137 e. The van der Waals surface area contributed by atoms with Crippen LogP contribution in [-0.4, -0.2) is 9.97 Å². The fraction of sp³-hybridized carbons (Fsp3) is 0.417. The third-order valence-corrected chi connectivity index (χ3v) is 3.54. The van der Waals surface area contributed by atoms with Crippen molar-refractivity contribution in [3.8, 4) is 0 Å². The predicted molar refractivity (Wildman–Crippen MR) is 67.1 cm³/mol. The summed E-state index contributed by atoms with van der Waals surface area (Å²) in [5.41, 5.74) is 2.50. The van der Waals surface area contributed by atoms with Crippen molar-refractivity contribution < 1.29 is 0 Å². The molecule has 15 heavy (non-hydrogen) atoms. The highest BCUT2D eigenvalue weighted by molar-refractivity contribution is 9.10. The Morgan fingerprint density at radius 1 is 1.47 bits per heavy atom. The summed E-state index contributed by atoms with van der Waals surface area (Å²) in [6.07, 6.45) is 5.02. The van der Waals surface area contributed by atoms with Crippen LogP contribution in [0.1, 0.15) is 32.8 Å². The molecule has 0 fully saturated rings. The average molecular weight is 267 g/mol. The first-order valence-corrected chi connectivity index (χ1v) is 5.97. The van der Waals surface area contributed by atoms with Gasteiger partial charge in [-0.1, -0.05) is 20.8 Å². The van der Waals surface area contributed by atoms with Gasteiger partial charge in [0.2, 0.25) is 0 Å². The number of halogens is 1. The van der Waals surface area contributed by atoms with Crippen LogP contribution in [0.5, 0.6) is 0 Å². The van der Waals surface area contributed by atoms with Gasteiger partial charge in [-0.2, -0.15) is 0 Å². The van der Waals surface area contributed by atoms with Gasteiger partial charge in [0.15, 0.2) is 0 Å². The zero-order valence-electron chi connectivity index (χ0n) is 9.26. The number of pyridine rings is 1.